The molecule has 0 saturated carbocycles. The Labute approximate surface area is 144 Å². The number of likely N-dealkylation sites (tertiary alicyclic amines) is 1. The third-order valence-electron chi connectivity index (χ3n) is 4.17. The molecule has 2 amide bonds. The first-order valence-electron chi connectivity index (χ1n) is 8.15. The van der Waals surface area contributed by atoms with Gasteiger partial charge in [-0.15, -0.1) is 0 Å². The van der Waals surface area contributed by atoms with E-state index in [0.29, 0.717) is 19.4 Å². The van der Waals surface area contributed by atoms with Crippen molar-refractivity contribution in [1.29, 1.82) is 0 Å². The summed E-state index contributed by atoms with van der Waals surface area (Å²) < 4.78 is 39.0. The smallest absolute Gasteiger partial charge is 0.330 e. The minimum absolute atomic E-state index is 0.0255. The molecular weight excluding hydrogens is 335 g/mol. The zero-order chi connectivity index (χ0) is 18.8. The van der Waals surface area contributed by atoms with Crippen molar-refractivity contribution in [2.75, 3.05) is 11.9 Å². The van der Waals surface area contributed by atoms with Crippen LogP contribution in [0.1, 0.15) is 37.8 Å². The highest BCUT2D eigenvalue weighted by atomic mass is 19.4. The molecular formula is C17H22F3N3O2. The highest BCUT2D eigenvalue weighted by molar-refractivity contribution is 5.97. The average Bonchev–Trinajstić information content (AvgIpc) is 2.91. The third kappa shape index (κ3) is 4.50. The molecule has 1 aliphatic heterocycles. The van der Waals surface area contributed by atoms with Crippen LogP contribution < -0.4 is 11.1 Å². The zero-order valence-corrected chi connectivity index (χ0v) is 14.2. The maximum atomic E-state index is 13.0. The van der Waals surface area contributed by atoms with Gasteiger partial charge in [-0.3, -0.25) is 9.59 Å². The van der Waals surface area contributed by atoms with Gasteiger partial charge in [0.25, 0.3) is 0 Å². The SMILES string of the molecule is CC(C)C(C(=O)Nc1cc(CN)cc(C(F)(F)F)c1)N1CCCC1=O. The quantitative estimate of drug-likeness (QED) is 0.851. The van der Waals surface area contributed by atoms with Gasteiger partial charge >= 0.3 is 6.18 Å². The van der Waals surface area contributed by atoms with E-state index in [-0.39, 0.29) is 29.6 Å². The summed E-state index contributed by atoms with van der Waals surface area (Å²) >= 11 is 0. The van der Waals surface area contributed by atoms with Crippen LogP contribution in [0.15, 0.2) is 18.2 Å². The summed E-state index contributed by atoms with van der Waals surface area (Å²) in [5.74, 6) is -0.769. The Kier molecular flexibility index (Phi) is 5.72. The van der Waals surface area contributed by atoms with E-state index < -0.39 is 23.7 Å². The molecule has 0 radical (unpaired) electrons. The van der Waals surface area contributed by atoms with E-state index in [4.69, 9.17) is 5.73 Å². The molecule has 1 aromatic carbocycles. The maximum absolute atomic E-state index is 13.0. The molecule has 2 rings (SSSR count). The lowest BCUT2D eigenvalue weighted by Gasteiger charge is -2.30. The Bertz CT molecular complexity index is 659. The van der Waals surface area contributed by atoms with Crippen LogP contribution in [0.5, 0.6) is 0 Å². The summed E-state index contributed by atoms with van der Waals surface area (Å²) in [6.45, 7) is 4.00. The largest absolute Gasteiger partial charge is 0.416 e. The van der Waals surface area contributed by atoms with Crippen molar-refractivity contribution in [1.82, 2.24) is 4.90 Å². The Morgan fingerprint density at radius 2 is 2.00 bits per heavy atom. The van der Waals surface area contributed by atoms with Gasteiger partial charge in [0.15, 0.2) is 0 Å². The average molecular weight is 357 g/mol. The number of alkyl halides is 3. The summed E-state index contributed by atoms with van der Waals surface area (Å²) in [7, 11) is 0. The molecule has 5 nitrogen and oxygen atoms in total. The molecule has 0 aromatic heterocycles. The highest BCUT2D eigenvalue weighted by Gasteiger charge is 2.35. The number of carbonyl (C=O) groups is 2. The van der Waals surface area contributed by atoms with E-state index in [2.05, 4.69) is 5.32 Å². The van der Waals surface area contributed by atoms with Gasteiger partial charge in [-0.25, -0.2) is 0 Å². The molecule has 3 N–H and O–H groups in total. The van der Waals surface area contributed by atoms with E-state index in [9.17, 15) is 22.8 Å². The van der Waals surface area contributed by atoms with E-state index in [0.717, 1.165) is 12.1 Å². The van der Waals surface area contributed by atoms with Crippen molar-refractivity contribution < 1.29 is 22.8 Å². The molecule has 1 atom stereocenters. The molecule has 1 heterocycles. The minimum atomic E-state index is -4.53. The molecule has 0 spiro atoms. The molecule has 1 saturated heterocycles. The number of halogens is 3. The maximum Gasteiger partial charge on any atom is 0.416 e. The standard InChI is InChI=1S/C17H22F3N3O2/c1-10(2)15(23-5-3-4-14(23)24)16(25)22-13-7-11(9-21)6-12(8-13)17(18,19)20/h6-8,10,15H,3-5,9,21H2,1-2H3,(H,22,25). The fourth-order valence-corrected chi connectivity index (χ4v) is 3.03. The van der Waals surface area contributed by atoms with Crippen LogP contribution in [-0.4, -0.2) is 29.3 Å². The first kappa shape index (κ1) is 19.2. The monoisotopic (exact) mass is 357 g/mol. The molecule has 138 valence electrons. The lowest BCUT2D eigenvalue weighted by atomic mass is 10.0. The Morgan fingerprint density at radius 3 is 2.48 bits per heavy atom. The van der Waals surface area contributed by atoms with E-state index in [1.165, 1.54) is 11.0 Å². The number of rotatable bonds is 5. The van der Waals surface area contributed by atoms with Crippen LogP contribution in [0.25, 0.3) is 0 Å². The number of hydrogen-bond acceptors (Lipinski definition) is 3. The summed E-state index contributed by atoms with van der Waals surface area (Å²) in [6.07, 6.45) is -3.47. The molecule has 1 unspecified atom stereocenters. The topological polar surface area (TPSA) is 75.4 Å². The van der Waals surface area contributed by atoms with Crippen molar-refractivity contribution in [2.24, 2.45) is 11.7 Å². The van der Waals surface area contributed by atoms with Gasteiger partial charge in [0.1, 0.15) is 6.04 Å². The predicted octanol–water partition coefficient (Wildman–Crippen LogP) is 2.75. The van der Waals surface area contributed by atoms with E-state index in [1.54, 1.807) is 13.8 Å². The summed E-state index contributed by atoms with van der Waals surface area (Å²) in [6, 6.07) is 2.53. The van der Waals surface area contributed by atoms with Crippen LogP contribution >= 0.6 is 0 Å². The van der Waals surface area contributed by atoms with Crippen molar-refractivity contribution in [3.05, 3.63) is 29.3 Å². The number of nitrogens with zero attached hydrogens (tertiary/aromatic N) is 1. The predicted molar refractivity (Wildman–Crippen MR) is 87.5 cm³/mol. The zero-order valence-electron chi connectivity index (χ0n) is 14.2. The van der Waals surface area contributed by atoms with Crippen molar-refractivity contribution in [2.45, 2.75) is 45.5 Å². The van der Waals surface area contributed by atoms with Gasteiger partial charge in [-0.2, -0.15) is 13.2 Å². The molecule has 1 aromatic rings. The number of nitrogens with one attached hydrogen (secondary N) is 1. The van der Waals surface area contributed by atoms with Gasteiger partial charge < -0.3 is 16.0 Å². The number of nitrogens with two attached hydrogens (primary N) is 1. The fraction of sp³-hybridized carbons (Fsp3) is 0.529. The van der Waals surface area contributed by atoms with Crippen LogP contribution in [0.4, 0.5) is 18.9 Å². The third-order valence-corrected chi connectivity index (χ3v) is 4.17. The van der Waals surface area contributed by atoms with Gasteiger partial charge in [-0.05, 0) is 36.1 Å². The minimum Gasteiger partial charge on any atom is -0.330 e. The van der Waals surface area contributed by atoms with Crippen LogP contribution in [0.2, 0.25) is 0 Å². The second-order valence-corrected chi connectivity index (χ2v) is 6.49. The fourth-order valence-electron chi connectivity index (χ4n) is 3.03. The number of carbonyl (C=O) groups excluding carboxylic acids is 2. The Morgan fingerprint density at radius 1 is 1.32 bits per heavy atom. The molecule has 1 aliphatic rings. The summed E-state index contributed by atoms with van der Waals surface area (Å²) in [4.78, 5) is 26.1. The molecule has 0 aliphatic carbocycles. The van der Waals surface area contributed by atoms with Gasteiger partial charge in [0, 0.05) is 25.2 Å². The van der Waals surface area contributed by atoms with Crippen LogP contribution in [0.3, 0.4) is 0 Å². The normalized spacial score (nSPS) is 16.4. The molecule has 0 bridgehead atoms. The number of benzene rings is 1. The van der Waals surface area contributed by atoms with Gasteiger partial charge in [0.2, 0.25) is 11.8 Å². The van der Waals surface area contributed by atoms with Gasteiger partial charge in [-0.1, -0.05) is 13.8 Å². The lowest BCUT2D eigenvalue weighted by Crippen LogP contribution is -2.48. The molecule has 25 heavy (non-hydrogen) atoms. The summed E-state index contributed by atoms with van der Waals surface area (Å²) in [5.41, 5.74) is 4.88. The van der Waals surface area contributed by atoms with Crippen molar-refractivity contribution in [3.63, 3.8) is 0 Å². The van der Waals surface area contributed by atoms with Gasteiger partial charge in [0.05, 0.1) is 5.56 Å². The number of anilines is 1. The number of hydrogen-bond donors (Lipinski definition) is 2. The second kappa shape index (κ2) is 7.43. The van der Waals surface area contributed by atoms with Crippen molar-refractivity contribution in [3.8, 4) is 0 Å². The number of amides is 2. The first-order chi connectivity index (χ1) is 11.6. The lowest BCUT2D eigenvalue weighted by molar-refractivity contribution is -0.137. The van der Waals surface area contributed by atoms with E-state index in [1.807, 2.05) is 0 Å². The van der Waals surface area contributed by atoms with E-state index >= 15 is 0 Å². The summed E-state index contributed by atoms with van der Waals surface area (Å²) in [5, 5.41) is 2.52. The first-order valence-corrected chi connectivity index (χ1v) is 8.15. The van der Waals surface area contributed by atoms with Crippen molar-refractivity contribution >= 4 is 17.5 Å². The second-order valence-electron chi connectivity index (χ2n) is 6.49. The highest BCUT2D eigenvalue weighted by Crippen LogP contribution is 2.32. The van der Waals surface area contributed by atoms with Crippen LogP contribution in [-0.2, 0) is 22.3 Å². The Balaban J connectivity index is 2.27. The van der Waals surface area contributed by atoms with Crippen LogP contribution in [0, 0.1) is 5.92 Å². The Hall–Kier alpha value is -2.09. The molecule has 1 fully saturated rings. The molecule has 8 heteroatoms.